The van der Waals surface area contributed by atoms with E-state index in [1.54, 1.807) is 6.92 Å². The van der Waals surface area contributed by atoms with Crippen LogP contribution in [-0.4, -0.2) is 5.67 Å². The molecular weight excluding hydrogens is 163 g/mol. The largest absolute Gasteiger partial charge is 0.244 e. The van der Waals surface area contributed by atoms with E-state index in [1.807, 2.05) is 6.92 Å². The molecule has 0 aromatic rings. The van der Waals surface area contributed by atoms with Crippen LogP contribution in [0.1, 0.15) is 66.7 Å². The molecule has 80 valence electrons. The second-order valence-corrected chi connectivity index (χ2v) is 5.58. The van der Waals surface area contributed by atoms with Crippen LogP contribution in [0.2, 0.25) is 0 Å². The second kappa shape index (κ2) is 4.97. The van der Waals surface area contributed by atoms with Crippen molar-refractivity contribution in [3.63, 3.8) is 0 Å². The summed E-state index contributed by atoms with van der Waals surface area (Å²) >= 11 is 0. The Bertz CT molecular complexity index is 131. The zero-order valence-corrected chi connectivity index (χ0v) is 9.91. The lowest BCUT2D eigenvalue weighted by Crippen LogP contribution is -2.18. The van der Waals surface area contributed by atoms with Gasteiger partial charge in [0.1, 0.15) is 5.67 Å². The second-order valence-electron chi connectivity index (χ2n) is 5.58. The number of alkyl halides is 1. The van der Waals surface area contributed by atoms with Crippen LogP contribution >= 0.6 is 0 Å². The van der Waals surface area contributed by atoms with Gasteiger partial charge in [-0.15, -0.1) is 0 Å². The Morgan fingerprint density at radius 2 is 1.46 bits per heavy atom. The van der Waals surface area contributed by atoms with Gasteiger partial charge in [-0.3, -0.25) is 0 Å². The van der Waals surface area contributed by atoms with E-state index in [1.165, 1.54) is 0 Å². The summed E-state index contributed by atoms with van der Waals surface area (Å²) in [5, 5.41) is 0. The summed E-state index contributed by atoms with van der Waals surface area (Å²) in [5.41, 5.74) is -0.581. The average Bonchev–Trinajstić information content (AvgIpc) is 1.82. The van der Waals surface area contributed by atoms with Crippen molar-refractivity contribution in [3.8, 4) is 0 Å². The predicted octanol–water partition coefficient (Wildman–Crippen LogP) is 4.73. The summed E-state index contributed by atoms with van der Waals surface area (Å²) in [5.74, 6) is 0. The van der Waals surface area contributed by atoms with Gasteiger partial charge in [0.2, 0.25) is 0 Å². The van der Waals surface area contributed by atoms with Gasteiger partial charge in [-0.25, -0.2) is 4.39 Å². The Morgan fingerprint density at radius 3 is 1.85 bits per heavy atom. The SMILES string of the molecule is CCCC(C)(F)CCCC(C)(C)C. The zero-order chi connectivity index (χ0) is 10.5. The molecule has 0 N–H and O–H groups in total. The van der Waals surface area contributed by atoms with Crippen molar-refractivity contribution >= 4 is 0 Å². The first-order valence-electron chi connectivity index (χ1n) is 5.46. The van der Waals surface area contributed by atoms with Gasteiger partial charge in [-0.05, 0) is 38.0 Å². The molecule has 13 heavy (non-hydrogen) atoms. The number of hydrogen-bond acceptors (Lipinski definition) is 0. The van der Waals surface area contributed by atoms with E-state index in [4.69, 9.17) is 0 Å². The van der Waals surface area contributed by atoms with Crippen molar-refractivity contribution in [2.45, 2.75) is 72.4 Å². The fraction of sp³-hybridized carbons (Fsp3) is 1.00. The molecule has 0 amide bonds. The molecule has 0 aromatic heterocycles. The lowest BCUT2D eigenvalue weighted by molar-refractivity contribution is 0.149. The smallest absolute Gasteiger partial charge is 0.108 e. The number of rotatable bonds is 5. The van der Waals surface area contributed by atoms with Crippen LogP contribution in [0, 0.1) is 5.41 Å². The third-order valence-electron chi connectivity index (χ3n) is 2.40. The lowest BCUT2D eigenvalue weighted by Gasteiger charge is -2.23. The third kappa shape index (κ3) is 8.27. The molecule has 1 atom stereocenters. The lowest BCUT2D eigenvalue weighted by atomic mass is 9.86. The molecule has 0 aliphatic heterocycles. The van der Waals surface area contributed by atoms with Gasteiger partial charge in [0.15, 0.2) is 0 Å². The van der Waals surface area contributed by atoms with Crippen LogP contribution in [0.5, 0.6) is 0 Å². The van der Waals surface area contributed by atoms with Gasteiger partial charge in [0, 0.05) is 0 Å². The van der Waals surface area contributed by atoms with Gasteiger partial charge in [-0.1, -0.05) is 34.1 Å². The first-order chi connectivity index (χ1) is 5.77. The van der Waals surface area contributed by atoms with Crippen molar-refractivity contribution in [1.29, 1.82) is 0 Å². The van der Waals surface area contributed by atoms with Crippen molar-refractivity contribution in [2.24, 2.45) is 5.41 Å². The maximum absolute atomic E-state index is 13.7. The van der Waals surface area contributed by atoms with Gasteiger partial charge in [0.05, 0.1) is 0 Å². The molecule has 0 aliphatic carbocycles. The monoisotopic (exact) mass is 188 g/mol. The molecule has 1 unspecified atom stereocenters. The molecule has 0 radical (unpaired) electrons. The molecule has 0 heterocycles. The first kappa shape index (κ1) is 12.9. The molecule has 0 aromatic carbocycles. The molecule has 0 bridgehead atoms. The van der Waals surface area contributed by atoms with Crippen molar-refractivity contribution < 1.29 is 4.39 Å². The topological polar surface area (TPSA) is 0 Å². The van der Waals surface area contributed by atoms with Gasteiger partial charge in [0.25, 0.3) is 0 Å². The summed E-state index contributed by atoms with van der Waals surface area (Å²) in [6.07, 6.45) is 4.50. The third-order valence-corrected chi connectivity index (χ3v) is 2.40. The first-order valence-corrected chi connectivity index (χ1v) is 5.46. The highest BCUT2D eigenvalue weighted by molar-refractivity contribution is 4.73. The summed E-state index contributed by atoms with van der Waals surface area (Å²) in [4.78, 5) is 0. The van der Waals surface area contributed by atoms with Crippen molar-refractivity contribution in [2.75, 3.05) is 0 Å². The molecule has 0 saturated heterocycles. The number of halogens is 1. The molecule has 0 nitrogen and oxygen atoms in total. The van der Waals surface area contributed by atoms with E-state index in [2.05, 4.69) is 20.8 Å². The molecule has 0 aliphatic rings. The highest BCUT2D eigenvalue weighted by Gasteiger charge is 2.22. The van der Waals surface area contributed by atoms with E-state index in [-0.39, 0.29) is 0 Å². The Balaban J connectivity index is 3.63. The minimum atomic E-state index is -0.931. The van der Waals surface area contributed by atoms with Crippen LogP contribution < -0.4 is 0 Å². The van der Waals surface area contributed by atoms with Gasteiger partial charge < -0.3 is 0 Å². The minimum absolute atomic E-state index is 0.349. The predicted molar refractivity (Wildman–Crippen MR) is 57.7 cm³/mol. The summed E-state index contributed by atoms with van der Waals surface area (Å²) < 4.78 is 13.7. The van der Waals surface area contributed by atoms with Crippen LogP contribution in [0.15, 0.2) is 0 Å². The summed E-state index contributed by atoms with van der Waals surface area (Å²) in [7, 11) is 0. The summed E-state index contributed by atoms with van der Waals surface area (Å²) in [6, 6.07) is 0. The van der Waals surface area contributed by atoms with Crippen LogP contribution in [0.4, 0.5) is 4.39 Å². The standard InChI is InChI=1S/C12H25F/c1-6-8-12(5,13)10-7-9-11(2,3)4/h6-10H2,1-5H3. The molecule has 1 heteroatoms. The van der Waals surface area contributed by atoms with E-state index in [9.17, 15) is 4.39 Å². The van der Waals surface area contributed by atoms with Crippen molar-refractivity contribution in [1.82, 2.24) is 0 Å². The molecule has 0 spiro atoms. The molecule has 0 saturated carbocycles. The fourth-order valence-corrected chi connectivity index (χ4v) is 1.63. The van der Waals surface area contributed by atoms with Crippen LogP contribution in [0.3, 0.4) is 0 Å². The Labute approximate surface area is 82.9 Å². The van der Waals surface area contributed by atoms with E-state index in [0.29, 0.717) is 11.8 Å². The van der Waals surface area contributed by atoms with Crippen LogP contribution in [-0.2, 0) is 0 Å². The highest BCUT2D eigenvalue weighted by atomic mass is 19.1. The molecule has 0 rings (SSSR count). The Morgan fingerprint density at radius 1 is 0.923 bits per heavy atom. The Kier molecular flexibility index (Phi) is 4.95. The van der Waals surface area contributed by atoms with Crippen LogP contribution in [0.25, 0.3) is 0 Å². The van der Waals surface area contributed by atoms with E-state index < -0.39 is 5.67 Å². The normalized spacial score (nSPS) is 17.1. The Hall–Kier alpha value is -0.0700. The van der Waals surface area contributed by atoms with Crippen molar-refractivity contribution in [3.05, 3.63) is 0 Å². The highest BCUT2D eigenvalue weighted by Crippen LogP contribution is 2.28. The minimum Gasteiger partial charge on any atom is -0.244 e. The maximum Gasteiger partial charge on any atom is 0.108 e. The molecule has 0 fully saturated rings. The molecular formula is C12H25F. The number of hydrogen-bond donors (Lipinski definition) is 0. The fourth-order valence-electron chi connectivity index (χ4n) is 1.63. The van der Waals surface area contributed by atoms with Gasteiger partial charge >= 0.3 is 0 Å². The average molecular weight is 188 g/mol. The zero-order valence-electron chi connectivity index (χ0n) is 9.91. The summed E-state index contributed by atoms with van der Waals surface area (Å²) in [6.45, 7) is 10.4. The van der Waals surface area contributed by atoms with E-state index >= 15 is 0 Å². The maximum atomic E-state index is 13.7. The van der Waals surface area contributed by atoms with E-state index in [0.717, 1.165) is 25.7 Å². The van der Waals surface area contributed by atoms with Gasteiger partial charge in [-0.2, -0.15) is 0 Å². The quantitative estimate of drug-likeness (QED) is 0.585.